The van der Waals surface area contributed by atoms with Gasteiger partial charge in [0.1, 0.15) is 0 Å². The van der Waals surface area contributed by atoms with Crippen LogP contribution in [0.3, 0.4) is 0 Å². The van der Waals surface area contributed by atoms with Crippen LogP contribution < -0.4 is 10.5 Å². The van der Waals surface area contributed by atoms with E-state index >= 15 is 0 Å². The van der Waals surface area contributed by atoms with E-state index in [0.717, 1.165) is 82.0 Å². The molecule has 0 aromatic carbocycles. The molecule has 7 nitrogen and oxygen atoms in total. The lowest BCUT2D eigenvalue weighted by Crippen LogP contribution is -2.45. The van der Waals surface area contributed by atoms with Gasteiger partial charge in [0.25, 0.3) is 5.56 Å². The van der Waals surface area contributed by atoms with Crippen LogP contribution in [0.5, 0.6) is 0 Å². The lowest BCUT2D eigenvalue weighted by Gasteiger charge is -2.32. The Morgan fingerprint density at radius 2 is 1.72 bits per heavy atom. The Hall–Kier alpha value is -1.89. The molecule has 3 aliphatic rings. The van der Waals surface area contributed by atoms with Crippen molar-refractivity contribution in [1.82, 2.24) is 19.8 Å². The molecule has 1 amide bonds. The summed E-state index contributed by atoms with van der Waals surface area (Å²) < 4.78 is 0. The number of anilines is 1. The molecule has 7 heteroatoms. The van der Waals surface area contributed by atoms with Crippen LogP contribution in [0.15, 0.2) is 4.79 Å². The molecule has 3 aliphatic heterocycles. The van der Waals surface area contributed by atoms with Crippen molar-refractivity contribution in [1.29, 1.82) is 0 Å². The van der Waals surface area contributed by atoms with Gasteiger partial charge in [-0.1, -0.05) is 0 Å². The molecule has 2 saturated heterocycles. The highest BCUT2D eigenvalue weighted by Crippen LogP contribution is 2.19. The van der Waals surface area contributed by atoms with E-state index in [4.69, 9.17) is 4.98 Å². The van der Waals surface area contributed by atoms with Crippen LogP contribution in [-0.4, -0.2) is 64.9 Å². The average molecular weight is 345 g/mol. The molecule has 1 aromatic rings. The molecular weight excluding hydrogens is 318 g/mol. The van der Waals surface area contributed by atoms with Gasteiger partial charge < -0.3 is 9.80 Å². The number of H-pyrrole nitrogens is 1. The minimum atomic E-state index is -0.0398. The summed E-state index contributed by atoms with van der Waals surface area (Å²) in [6.45, 7) is 5.43. The molecule has 4 rings (SSSR count). The molecule has 0 radical (unpaired) electrons. The number of aromatic nitrogens is 2. The summed E-state index contributed by atoms with van der Waals surface area (Å²) in [5.41, 5.74) is 1.61. The molecule has 1 aromatic heterocycles. The fourth-order valence-corrected chi connectivity index (χ4v) is 4.12. The van der Waals surface area contributed by atoms with Gasteiger partial charge in [0, 0.05) is 45.7 Å². The first-order valence-corrected chi connectivity index (χ1v) is 9.58. The Morgan fingerprint density at radius 3 is 2.48 bits per heavy atom. The summed E-state index contributed by atoms with van der Waals surface area (Å²) in [5.74, 6) is 0.917. The molecule has 25 heavy (non-hydrogen) atoms. The third-order valence-corrected chi connectivity index (χ3v) is 5.61. The van der Waals surface area contributed by atoms with E-state index in [2.05, 4.69) is 14.8 Å². The van der Waals surface area contributed by atoms with E-state index in [9.17, 15) is 9.59 Å². The van der Waals surface area contributed by atoms with Gasteiger partial charge in [-0.2, -0.15) is 0 Å². The van der Waals surface area contributed by atoms with Crippen LogP contribution in [0.4, 0.5) is 5.95 Å². The fourth-order valence-electron chi connectivity index (χ4n) is 4.12. The van der Waals surface area contributed by atoms with Crippen LogP contribution in [-0.2, 0) is 17.8 Å². The van der Waals surface area contributed by atoms with Gasteiger partial charge in [-0.25, -0.2) is 4.98 Å². The van der Waals surface area contributed by atoms with Gasteiger partial charge >= 0.3 is 0 Å². The number of amides is 1. The number of hydrogen-bond donors (Lipinski definition) is 1. The zero-order chi connectivity index (χ0) is 17.2. The summed E-state index contributed by atoms with van der Waals surface area (Å²) >= 11 is 0. The normalized spacial score (nSPS) is 21.4. The van der Waals surface area contributed by atoms with E-state index < -0.39 is 0 Å². The maximum Gasteiger partial charge on any atom is 0.257 e. The number of nitrogens with zero attached hydrogens (tertiary/aromatic N) is 4. The summed E-state index contributed by atoms with van der Waals surface area (Å²) in [6, 6.07) is 0. The number of rotatable bonds is 3. The SMILES string of the molecule is O=C(CN1CCc2nc(N3CCCC3)[nH]c(=O)c2C1)N1CCCCC1. The highest BCUT2D eigenvalue weighted by atomic mass is 16.2. The maximum absolute atomic E-state index is 12.5. The van der Waals surface area contributed by atoms with Crippen LogP contribution in [0, 0.1) is 0 Å². The van der Waals surface area contributed by atoms with Crippen LogP contribution in [0.2, 0.25) is 0 Å². The van der Waals surface area contributed by atoms with Crippen molar-refractivity contribution in [3.8, 4) is 0 Å². The van der Waals surface area contributed by atoms with Gasteiger partial charge in [-0.05, 0) is 32.1 Å². The minimum Gasteiger partial charge on any atom is -0.342 e. The summed E-state index contributed by atoms with van der Waals surface area (Å²) in [7, 11) is 0. The molecule has 0 bridgehead atoms. The second-order valence-corrected chi connectivity index (χ2v) is 7.41. The fraction of sp³-hybridized carbons (Fsp3) is 0.722. The topological polar surface area (TPSA) is 72.5 Å². The number of likely N-dealkylation sites (tertiary alicyclic amines) is 1. The highest BCUT2D eigenvalue weighted by Gasteiger charge is 2.26. The Balaban J connectivity index is 1.44. The Kier molecular flexibility index (Phi) is 4.74. The van der Waals surface area contributed by atoms with E-state index in [-0.39, 0.29) is 11.5 Å². The minimum absolute atomic E-state index is 0.0398. The van der Waals surface area contributed by atoms with Crippen molar-refractivity contribution in [3.05, 3.63) is 21.6 Å². The first kappa shape index (κ1) is 16.6. The van der Waals surface area contributed by atoms with E-state index in [1.807, 2.05) is 4.90 Å². The maximum atomic E-state index is 12.5. The Morgan fingerprint density at radius 1 is 1.00 bits per heavy atom. The van der Waals surface area contributed by atoms with E-state index in [0.29, 0.717) is 13.1 Å². The number of piperidine rings is 1. The van der Waals surface area contributed by atoms with Crippen molar-refractivity contribution in [2.24, 2.45) is 0 Å². The van der Waals surface area contributed by atoms with Crippen LogP contribution in [0.25, 0.3) is 0 Å². The third kappa shape index (κ3) is 3.56. The molecule has 0 atom stereocenters. The van der Waals surface area contributed by atoms with E-state index in [1.165, 1.54) is 6.42 Å². The molecule has 136 valence electrons. The number of aromatic amines is 1. The highest BCUT2D eigenvalue weighted by molar-refractivity contribution is 5.78. The predicted molar refractivity (Wildman–Crippen MR) is 95.7 cm³/mol. The number of nitrogens with one attached hydrogen (secondary N) is 1. The molecular formula is C18H27N5O2. The van der Waals surface area contributed by atoms with Crippen molar-refractivity contribution < 1.29 is 4.79 Å². The van der Waals surface area contributed by atoms with Gasteiger partial charge in [0.05, 0.1) is 17.8 Å². The Bertz CT molecular complexity index is 689. The molecule has 2 fully saturated rings. The lowest BCUT2D eigenvalue weighted by atomic mass is 10.1. The first-order chi connectivity index (χ1) is 12.2. The molecule has 0 unspecified atom stereocenters. The lowest BCUT2D eigenvalue weighted by molar-refractivity contribution is -0.133. The van der Waals surface area contributed by atoms with Crippen molar-refractivity contribution in [2.75, 3.05) is 44.2 Å². The van der Waals surface area contributed by atoms with Gasteiger partial charge in [-0.15, -0.1) is 0 Å². The first-order valence-electron chi connectivity index (χ1n) is 9.58. The predicted octanol–water partition coefficient (Wildman–Crippen LogP) is 0.741. The number of hydrogen-bond acceptors (Lipinski definition) is 5. The standard InChI is InChI=1S/C18H27N5O2/c24-16(22-7-2-1-3-8-22)13-21-11-6-15-14(12-21)17(25)20-18(19-15)23-9-4-5-10-23/h1-13H2,(H,19,20,25). The van der Waals surface area contributed by atoms with Crippen molar-refractivity contribution in [2.45, 2.75) is 45.1 Å². The second-order valence-electron chi connectivity index (χ2n) is 7.41. The third-order valence-electron chi connectivity index (χ3n) is 5.61. The average Bonchev–Trinajstić information content (AvgIpc) is 3.17. The van der Waals surface area contributed by atoms with Gasteiger partial charge in [0.15, 0.2) is 0 Å². The van der Waals surface area contributed by atoms with Crippen molar-refractivity contribution in [3.63, 3.8) is 0 Å². The molecule has 0 spiro atoms. The zero-order valence-electron chi connectivity index (χ0n) is 14.8. The molecule has 1 N–H and O–H groups in total. The summed E-state index contributed by atoms with van der Waals surface area (Å²) in [5, 5.41) is 0. The summed E-state index contributed by atoms with van der Waals surface area (Å²) in [4.78, 5) is 38.9. The smallest absolute Gasteiger partial charge is 0.257 e. The summed E-state index contributed by atoms with van der Waals surface area (Å²) in [6.07, 6.45) is 6.50. The van der Waals surface area contributed by atoms with E-state index in [1.54, 1.807) is 0 Å². The molecule has 4 heterocycles. The quantitative estimate of drug-likeness (QED) is 0.875. The molecule has 0 aliphatic carbocycles. The largest absolute Gasteiger partial charge is 0.342 e. The zero-order valence-corrected chi connectivity index (χ0v) is 14.8. The van der Waals surface area contributed by atoms with Crippen LogP contribution in [0.1, 0.15) is 43.4 Å². The van der Waals surface area contributed by atoms with Crippen molar-refractivity contribution >= 4 is 11.9 Å². The number of carbonyl (C=O) groups is 1. The van der Waals surface area contributed by atoms with Gasteiger partial charge in [0.2, 0.25) is 11.9 Å². The monoisotopic (exact) mass is 345 g/mol. The van der Waals surface area contributed by atoms with Gasteiger partial charge in [-0.3, -0.25) is 19.5 Å². The second kappa shape index (κ2) is 7.15. The van der Waals surface area contributed by atoms with Crippen LogP contribution >= 0.6 is 0 Å². The number of fused-ring (bicyclic) bond motifs is 1. The molecule has 0 saturated carbocycles. The Labute approximate surface area is 148 Å². The number of carbonyl (C=O) groups excluding carboxylic acids is 1.